The number of hydrogen-bond acceptors (Lipinski definition) is 4. The molecule has 0 atom stereocenters. The van der Waals surface area contributed by atoms with Crippen molar-refractivity contribution in [2.45, 2.75) is 20.1 Å². The van der Waals surface area contributed by atoms with Gasteiger partial charge in [-0.3, -0.25) is 0 Å². The van der Waals surface area contributed by atoms with Gasteiger partial charge in [0.25, 0.3) is 0 Å². The van der Waals surface area contributed by atoms with Gasteiger partial charge in [-0.15, -0.1) is 0 Å². The molecule has 3 aromatic carbocycles. The minimum absolute atomic E-state index is 0.360. The number of anilines is 1. The summed E-state index contributed by atoms with van der Waals surface area (Å²) in [6, 6.07) is 16.8. The Labute approximate surface area is 191 Å². The maximum atomic E-state index is 6.52. The summed E-state index contributed by atoms with van der Waals surface area (Å²) in [4.78, 5) is 0. The molecule has 0 amide bonds. The van der Waals surface area contributed by atoms with Crippen LogP contribution in [0.15, 0.2) is 54.6 Å². The molecule has 7 heteroatoms. The monoisotopic (exact) mass is 465 g/mol. The van der Waals surface area contributed by atoms with Gasteiger partial charge >= 0.3 is 0 Å². The highest BCUT2D eigenvalue weighted by Crippen LogP contribution is 2.37. The van der Waals surface area contributed by atoms with Crippen LogP contribution in [0.3, 0.4) is 0 Å². The Morgan fingerprint density at radius 1 is 0.800 bits per heavy atom. The molecule has 0 fully saturated rings. The SMILES string of the molecule is CCOc1cc(CNc2ccc(OC)c(Cl)c2)cc(Cl)c1OCc1ccc(Cl)cc1. The van der Waals surface area contributed by atoms with Crippen molar-refractivity contribution in [3.8, 4) is 17.2 Å². The van der Waals surface area contributed by atoms with Crippen molar-refractivity contribution in [1.82, 2.24) is 0 Å². The zero-order valence-corrected chi connectivity index (χ0v) is 18.9. The predicted octanol–water partition coefficient (Wildman–Crippen LogP) is 7.25. The Morgan fingerprint density at radius 2 is 1.57 bits per heavy atom. The molecule has 3 aromatic rings. The molecule has 0 aromatic heterocycles. The van der Waals surface area contributed by atoms with Crippen LogP contribution in [0.2, 0.25) is 15.1 Å². The average molecular weight is 467 g/mol. The first-order chi connectivity index (χ1) is 14.5. The van der Waals surface area contributed by atoms with Gasteiger partial charge in [-0.1, -0.05) is 46.9 Å². The van der Waals surface area contributed by atoms with E-state index in [2.05, 4.69) is 5.32 Å². The van der Waals surface area contributed by atoms with Crippen molar-refractivity contribution in [2.75, 3.05) is 19.0 Å². The van der Waals surface area contributed by atoms with E-state index in [-0.39, 0.29) is 0 Å². The third-order valence-electron chi connectivity index (χ3n) is 4.31. The number of rotatable bonds is 9. The third-order valence-corrected chi connectivity index (χ3v) is 5.14. The molecule has 0 unspecified atom stereocenters. The van der Waals surface area contributed by atoms with Crippen molar-refractivity contribution in [3.63, 3.8) is 0 Å². The summed E-state index contributed by atoms with van der Waals surface area (Å²) < 4.78 is 16.9. The summed E-state index contributed by atoms with van der Waals surface area (Å²) in [5.74, 6) is 1.75. The number of ether oxygens (including phenoxy) is 3. The fourth-order valence-electron chi connectivity index (χ4n) is 2.84. The zero-order valence-electron chi connectivity index (χ0n) is 16.7. The van der Waals surface area contributed by atoms with Crippen LogP contribution in [0, 0.1) is 0 Å². The minimum atomic E-state index is 0.360. The summed E-state index contributed by atoms with van der Waals surface area (Å²) in [5.41, 5.74) is 2.81. The van der Waals surface area contributed by atoms with Crippen LogP contribution >= 0.6 is 34.8 Å². The van der Waals surface area contributed by atoms with Crippen LogP contribution in [0.5, 0.6) is 17.2 Å². The van der Waals surface area contributed by atoms with Gasteiger partial charge in [0.2, 0.25) is 0 Å². The molecule has 0 radical (unpaired) electrons. The zero-order chi connectivity index (χ0) is 21.5. The van der Waals surface area contributed by atoms with Gasteiger partial charge in [-0.25, -0.2) is 0 Å². The van der Waals surface area contributed by atoms with E-state index in [1.165, 1.54) is 0 Å². The van der Waals surface area contributed by atoms with E-state index in [1.54, 1.807) is 7.11 Å². The molecule has 1 N–H and O–H groups in total. The summed E-state index contributed by atoms with van der Waals surface area (Å²) in [7, 11) is 1.59. The van der Waals surface area contributed by atoms with Crippen LogP contribution < -0.4 is 19.5 Å². The van der Waals surface area contributed by atoms with Crippen LogP contribution in [-0.2, 0) is 13.2 Å². The summed E-state index contributed by atoms with van der Waals surface area (Å²) >= 11 is 18.6. The van der Waals surface area contributed by atoms with Crippen molar-refractivity contribution < 1.29 is 14.2 Å². The van der Waals surface area contributed by atoms with Crippen molar-refractivity contribution in [3.05, 3.63) is 80.8 Å². The van der Waals surface area contributed by atoms with E-state index in [0.29, 0.717) is 52.1 Å². The highest BCUT2D eigenvalue weighted by atomic mass is 35.5. The van der Waals surface area contributed by atoms with E-state index < -0.39 is 0 Å². The van der Waals surface area contributed by atoms with Gasteiger partial charge in [-0.2, -0.15) is 0 Å². The second-order valence-corrected chi connectivity index (χ2v) is 7.71. The van der Waals surface area contributed by atoms with Crippen molar-refractivity contribution in [2.24, 2.45) is 0 Å². The van der Waals surface area contributed by atoms with E-state index in [0.717, 1.165) is 16.8 Å². The molecule has 0 saturated heterocycles. The summed E-state index contributed by atoms with van der Waals surface area (Å²) in [6.45, 7) is 3.32. The molecule has 0 aliphatic heterocycles. The molecular weight excluding hydrogens is 445 g/mol. The van der Waals surface area contributed by atoms with Gasteiger partial charge in [0, 0.05) is 17.3 Å². The molecule has 30 heavy (non-hydrogen) atoms. The van der Waals surface area contributed by atoms with Gasteiger partial charge in [0.1, 0.15) is 12.4 Å². The number of halogens is 3. The molecule has 0 heterocycles. The lowest BCUT2D eigenvalue weighted by atomic mass is 10.2. The largest absolute Gasteiger partial charge is 0.495 e. The van der Waals surface area contributed by atoms with Crippen LogP contribution in [0.4, 0.5) is 5.69 Å². The van der Waals surface area contributed by atoms with Crippen molar-refractivity contribution >= 4 is 40.5 Å². The topological polar surface area (TPSA) is 39.7 Å². The smallest absolute Gasteiger partial charge is 0.180 e. The molecule has 4 nitrogen and oxygen atoms in total. The normalized spacial score (nSPS) is 10.6. The molecule has 0 aliphatic carbocycles. The van der Waals surface area contributed by atoms with E-state index in [1.807, 2.05) is 61.5 Å². The minimum Gasteiger partial charge on any atom is -0.495 e. The second-order valence-electron chi connectivity index (χ2n) is 6.46. The Bertz CT molecular complexity index is 994. The van der Waals surface area contributed by atoms with Gasteiger partial charge in [0.15, 0.2) is 11.5 Å². The molecule has 0 spiro atoms. The standard InChI is InChI=1S/C23H22Cl3NO3/c1-3-29-22-11-16(13-27-18-8-9-21(28-2)19(25)12-18)10-20(26)23(22)30-14-15-4-6-17(24)7-5-15/h4-12,27H,3,13-14H2,1-2H3. The fourth-order valence-corrected chi connectivity index (χ4v) is 3.51. The quantitative estimate of drug-likeness (QED) is 0.360. The predicted molar refractivity (Wildman–Crippen MR) is 124 cm³/mol. The first kappa shape index (κ1) is 22.4. The first-order valence-electron chi connectivity index (χ1n) is 9.40. The number of nitrogens with one attached hydrogen (secondary N) is 1. The number of methoxy groups -OCH3 is 1. The van der Waals surface area contributed by atoms with E-state index >= 15 is 0 Å². The lowest BCUT2D eigenvalue weighted by Crippen LogP contribution is -2.04. The summed E-state index contributed by atoms with van der Waals surface area (Å²) in [6.07, 6.45) is 0. The Morgan fingerprint density at radius 3 is 2.23 bits per heavy atom. The Hall–Kier alpha value is -2.27. The average Bonchev–Trinajstić information content (AvgIpc) is 2.73. The molecule has 3 rings (SSSR count). The Balaban J connectivity index is 1.73. The maximum absolute atomic E-state index is 6.52. The van der Waals surface area contributed by atoms with Crippen LogP contribution in [0.1, 0.15) is 18.1 Å². The van der Waals surface area contributed by atoms with E-state index in [9.17, 15) is 0 Å². The molecule has 158 valence electrons. The number of hydrogen-bond donors (Lipinski definition) is 1. The maximum Gasteiger partial charge on any atom is 0.180 e. The van der Waals surface area contributed by atoms with Crippen LogP contribution in [0.25, 0.3) is 0 Å². The molecule has 0 bridgehead atoms. The lowest BCUT2D eigenvalue weighted by molar-refractivity contribution is 0.269. The number of benzene rings is 3. The second kappa shape index (κ2) is 10.7. The molecule has 0 aliphatic rings. The van der Waals surface area contributed by atoms with E-state index in [4.69, 9.17) is 49.0 Å². The third kappa shape index (κ3) is 5.88. The van der Waals surface area contributed by atoms with Gasteiger partial charge in [0.05, 0.1) is 23.8 Å². The Kier molecular flexibility index (Phi) is 7.97. The van der Waals surface area contributed by atoms with Crippen molar-refractivity contribution in [1.29, 1.82) is 0 Å². The molecular formula is C23H22Cl3NO3. The highest BCUT2D eigenvalue weighted by molar-refractivity contribution is 6.32. The lowest BCUT2D eigenvalue weighted by Gasteiger charge is -2.16. The summed E-state index contributed by atoms with van der Waals surface area (Å²) in [5, 5.41) is 5.04. The van der Waals surface area contributed by atoms with Gasteiger partial charge < -0.3 is 19.5 Å². The molecule has 0 saturated carbocycles. The highest BCUT2D eigenvalue weighted by Gasteiger charge is 2.13. The fraction of sp³-hybridized carbons (Fsp3) is 0.217. The van der Waals surface area contributed by atoms with Gasteiger partial charge in [-0.05, 0) is 60.5 Å². The first-order valence-corrected chi connectivity index (χ1v) is 10.5. The van der Waals surface area contributed by atoms with Crippen LogP contribution in [-0.4, -0.2) is 13.7 Å².